The van der Waals surface area contributed by atoms with Crippen LogP contribution in [0.15, 0.2) is 25.3 Å². The minimum absolute atomic E-state index is 0.0414. The van der Waals surface area contributed by atoms with Gasteiger partial charge in [-0.15, -0.1) is 0 Å². The van der Waals surface area contributed by atoms with E-state index in [0.29, 0.717) is 19.3 Å². The van der Waals surface area contributed by atoms with Crippen molar-refractivity contribution in [2.24, 2.45) is 5.92 Å². The van der Waals surface area contributed by atoms with Gasteiger partial charge in [-0.25, -0.2) is 19.2 Å². The molecule has 2 amide bonds. The lowest BCUT2D eigenvalue weighted by atomic mass is 9.83. The number of alkyl carbamates (subject to hydrolysis) is 2. The van der Waals surface area contributed by atoms with Gasteiger partial charge in [-0.05, 0) is 25.2 Å². The molecule has 0 saturated heterocycles. The van der Waals surface area contributed by atoms with Crippen LogP contribution in [0, 0.1) is 5.92 Å². The maximum Gasteiger partial charge on any atom is 0.407 e. The third-order valence-corrected chi connectivity index (χ3v) is 4.25. The molecule has 10 nitrogen and oxygen atoms in total. The minimum atomic E-state index is -0.587. The summed E-state index contributed by atoms with van der Waals surface area (Å²) in [5.41, 5.74) is 0. The van der Waals surface area contributed by atoms with Gasteiger partial charge in [0.25, 0.3) is 0 Å². The van der Waals surface area contributed by atoms with Gasteiger partial charge in [0.15, 0.2) is 0 Å². The van der Waals surface area contributed by atoms with Crippen LogP contribution in [-0.4, -0.2) is 62.6 Å². The number of carbonyl (C=O) groups is 4. The molecule has 0 aromatic rings. The van der Waals surface area contributed by atoms with Crippen LogP contribution < -0.4 is 10.6 Å². The number of ether oxygens (including phenoxy) is 4. The van der Waals surface area contributed by atoms with Crippen molar-refractivity contribution >= 4 is 24.1 Å². The number of carbonyl (C=O) groups excluding carboxylic acids is 4. The van der Waals surface area contributed by atoms with E-state index in [1.54, 1.807) is 0 Å². The average Bonchev–Trinajstić information content (AvgIpc) is 2.70. The highest BCUT2D eigenvalue weighted by Crippen LogP contribution is 2.24. The van der Waals surface area contributed by atoms with Crippen LogP contribution in [0.25, 0.3) is 0 Å². The zero-order chi connectivity index (χ0) is 21.6. The second kappa shape index (κ2) is 13.2. The number of hydrogen-bond acceptors (Lipinski definition) is 8. The summed E-state index contributed by atoms with van der Waals surface area (Å²) in [4.78, 5) is 45.4. The summed E-state index contributed by atoms with van der Waals surface area (Å²) in [6.45, 7) is 8.30. The van der Waals surface area contributed by atoms with Gasteiger partial charge in [-0.3, -0.25) is 0 Å². The predicted molar refractivity (Wildman–Crippen MR) is 102 cm³/mol. The predicted octanol–water partition coefficient (Wildman–Crippen LogP) is 1.45. The lowest BCUT2D eigenvalue weighted by Gasteiger charge is -2.34. The van der Waals surface area contributed by atoms with E-state index in [9.17, 15) is 19.2 Å². The summed E-state index contributed by atoms with van der Waals surface area (Å²) in [5, 5.41) is 5.54. The van der Waals surface area contributed by atoms with Crippen LogP contribution in [0.4, 0.5) is 9.59 Å². The first-order chi connectivity index (χ1) is 13.8. The summed E-state index contributed by atoms with van der Waals surface area (Å²) in [6.07, 6.45) is 2.86. The van der Waals surface area contributed by atoms with Crippen molar-refractivity contribution in [3.05, 3.63) is 25.3 Å². The Morgan fingerprint density at radius 3 is 1.79 bits per heavy atom. The Kier molecular flexibility index (Phi) is 10.9. The Hall–Kier alpha value is -3.04. The van der Waals surface area contributed by atoms with Crippen molar-refractivity contribution < 1.29 is 38.1 Å². The molecule has 0 radical (unpaired) electrons. The van der Waals surface area contributed by atoms with E-state index < -0.39 is 24.1 Å². The Balaban J connectivity index is 2.21. The highest BCUT2D eigenvalue weighted by molar-refractivity contribution is 5.81. The van der Waals surface area contributed by atoms with Crippen LogP contribution in [0.1, 0.15) is 26.2 Å². The fourth-order valence-electron chi connectivity index (χ4n) is 2.81. The first kappa shape index (κ1) is 24.0. The number of nitrogens with one attached hydrogen (secondary N) is 2. The van der Waals surface area contributed by atoms with Gasteiger partial charge < -0.3 is 29.6 Å². The normalized spacial score (nSPS) is 20.5. The van der Waals surface area contributed by atoms with Crippen LogP contribution in [0.2, 0.25) is 0 Å². The second-order valence-electron chi connectivity index (χ2n) is 6.40. The van der Waals surface area contributed by atoms with Crippen molar-refractivity contribution in [3.8, 4) is 0 Å². The Morgan fingerprint density at radius 1 is 0.828 bits per heavy atom. The third kappa shape index (κ3) is 10.2. The van der Waals surface area contributed by atoms with Crippen LogP contribution in [-0.2, 0) is 28.5 Å². The zero-order valence-electron chi connectivity index (χ0n) is 16.5. The summed E-state index contributed by atoms with van der Waals surface area (Å²) < 4.78 is 19.3. The molecule has 1 aliphatic rings. The van der Waals surface area contributed by atoms with Crippen LogP contribution >= 0.6 is 0 Å². The molecule has 1 fully saturated rings. The number of rotatable bonds is 10. The summed E-state index contributed by atoms with van der Waals surface area (Å²) >= 11 is 0. The molecule has 162 valence electrons. The largest absolute Gasteiger partial charge is 0.459 e. The second-order valence-corrected chi connectivity index (χ2v) is 6.40. The minimum Gasteiger partial charge on any atom is -0.459 e. The third-order valence-electron chi connectivity index (χ3n) is 4.25. The molecule has 10 heteroatoms. The molecule has 0 aromatic carbocycles. The molecular formula is C19H28N2O8. The fourth-order valence-corrected chi connectivity index (χ4v) is 2.81. The molecule has 1 aliphatic carbocycles. The Labute approximate surface area is 169 Å². The van der Waals surface area contributed by atoms with E-state index in [0.717, 1.165) is 12.2 Å². The standard InChI is InChI=1S/C19H28N2O8/c1-4-16(22)26-8-10-28-18(24)20-14-6-7-15(13(3)12-14)21-19(25)29-11-9-27-17(23)5-2/h4-5,13-15H,1-2,6-12H2,3H3,(H,20,24)(H,21,25). The van der Waals surface area contributed by atoms with E-state index in [1.165, 1.54) is 0 Å². The van der Waals surface area contributed by atoms with Crippen molar-refractivity contribution in [1.29, 1.82) is 0 Å². The van der Waals surface area contributed by atoms with Crippen molar-refractivity contribution in [2.45, 2.75) is 38.3 Å². The average molecular weight is 412 g/mol. The van der Waals surface area contributed by atoms with Crippen molar-refractivity contribution in [2.75, 3.05) is 26.4 Å². The van der Waals surface area contributed by atoms with Crippen LogP contribution in [0.5, 0.6) is 0 Å². The van der Waals surface area contributed by atoms with E-state index in [-0.39, 0.29) is 44.4 Å². The number of amides is 2. The van der Waals surface area contributed by atoms with E-state index in [4.69, 9.17) is 18.9 Å². The SMILES string of the molecule is C=CC(=O)OCCOC(=O)NC1CCC(NC(=O)OCCOC(=O)C=C)C(C)C1. The maximum absolute atomic E-state index is 11.8. The smallest absolute Gasteiger partial charge is 0.407 e. The van der Waals surface area contributed by atoms with Gasteiger partial charge in [0.2, 0.25) is 0 Å². The topological polar surface area (TPSA) is 129 Å². The maximum atomic E-state index is 11.8. The van der Waals surface area contributed by atoms with Crippen LogP contribution in [0.3, 0.4) is 0 Å². The molecule has 3 atom stereocenters. The molecule has 0 aliphatic heterocycles. The van der Waals surface area contributed by atoms with E-state index >= 15 is 0 Å². The number of esters is 2. The van der Waals surface area contributed by atoms with Crippen molar-refractivity contribution in [3.63, 3.8) is 0 Å². The molecule has 29 heavy (non-hydrogen) atoms. The molecule has 0 aromatic heterocycles. The number of hydrogen-bond donors (Lipinski definition) is 2. The lowest BCUT2D eigenvalue weighted by molar-refractivity contribution is -0.139. The monoisotopic (exact) mass is 412 g/mol. The van der Waals surface area contributed by atoms with Gasteiger partial charge in [-0.1, -0.05) is 20.1 Å². The first-order valence-corrected chi connectivity index (χ1v) is 9.30. The van der Waals surface area contributed by atoms with Gasteiger partial charge >= 0.3 is 24.1 Å². The summed E-state index contributed by atoms with van der Waals surface area (Å²) in [5.74, 6) is -1.05. The van der Waals surface area contributed by atoms with E-state index in [2.05, 4.69) is 23.8 Å². The van der Waals surface area contributed by atoms with Gasteiger partial charge in [0.1, 0.15) is 26.4 Å². The highest BCUT2D eigenvalue weighted by Gasteiger charge is 2.30. The Bertz CT molecular complexity index is 607. The molecule has 3 unspecified atom stereocenters. The molecule has 0 heterocycles. The Morgan fingerprint density at radius 2 is 1.31 bits per heavy atom. The molecule has 0 bridgehead atoms. The van der Waals surface area contributed by atoms with Crippen molar-refractivity contribution in [1.82, 2.24) is 10.6 Å². The lowest BCUT2D eigenvalue weighted by Crippen LogP contribution is -2.48. The van der Waals surface area contributed by atoms with Gasteiger partial charge in [0.05, 0.1) is 0 Å². The highest BCUT2D eigenvalue weighted by atomic mass is 16.6. The molecule has 1 rings (SSSR count). The van der Waals surface area contributed by atoms with Gasteiger partial charge in [-0.2, -0.15) is 0 Å². The molecule has 0 spiro atoms. The zero-order valence-corrected chi connectivity index (χ0v) is 16.5. The summed E-state index contributed by atoms with van der Waals surface area (Å²) in [7, 11) is 0. The van der Waals surface area contributed by atoms with Gasteiger partial charge in [0, 0.05) is 24.2 Å². The molecule has 2 N–H and O–H groups in total. The molecule has 1 saturated carbocycles. The van der Waals surface area contributed by atoms with E-state index in [1.807, 2.05) is 6.92 Å². The first-order valence-electron chi connectivity index (χ1n) is 9.30. The quantitative estimate of drug-likeness (QED) is 0.239. The summed E-state index contributed by atoms with van der Waals surface area (Å²) in [6, 6.07) is -0.175. The fraction of sp³-hybridized carbons (Fsp3) is 0.579. The molecular weight excluding hydrogens is 384 g/mol.